The number of aromatic nitrogens is 4. The zero-order valence-electron chi connectivity index (χ0n) is 9.42. The lowest BCUT2D eigenvalue weighted by Crippen LogP contribution is -2.29. The number of fused-ring (bicyclic) bond motifs is 1. The highest BCUT2D eigenvalue weighted by Crippen LogP contribution is 2.06. The van der Waals surface area contributed by atoms with Crippen LogP contribution in [0.5, 0.6) is 0 Å². The van der Waals surface area contributed by atoms with Gasteiger partial charge in [0, 0.05) is 31.0 Å². The molecule has 0 aliphatic carbocycles. The second-order valence-electron chi connectivity index (χ2n) is 3.78. The van der Waals surface area contributed by atoms with Gasteiger partial charge in [-0.25, -0.2) is 9.50 Å². The van der Waals surface area contributed by atoms with E-state index in [9.17, 15) is 0 Å². The number of nitrogens with two attached hydrogens (primary N) is 1. The number of methoxy groups -OCH3 is 1. The molecule has 0 radical (unpaired) electrons. The summed E-state index contributed by atoms with van der Waals surface area (Å²) in [5, 5.41) is 4.12. The number of rotatable bonds is 4. The minimum Gasteiger partial charge on any atom is -0.383 e. The van der Waals surface area contributed by atoms with Gasteiger partial charge in [0.25, 0.3) is 5.78 Å². The molecule has 0 amide bonds. The van der Waals surface area contributed by atoms with E-state index in [1.165, 1.54) is 6.33 Å². The largest absolute Gasteiger partial charge is 0.383 e. The molecular formula is C10H15N5O. The van der Waals surface area contributed by atoms with E-state index in [0.717, 1.165) is 11.4 Å². The van der Waals surface area contributed by atoms with Crippen molar-refractivity contribution in [3.8, 4) is 0 Å². The van der Waals surface area contributed by atoms with Crippen LogP contribution >= 0.6 is 0 Å². The van der Waals surface area contributed by atoms with Gasteiger partial charge in [-0.05, 0) is 13.0 Å². The number of ether oxygens (including phenoxy) is 1. The summed E-state index contributed by atoms with van der Waals surface area (Å²) < 4.78 is 6.72. The summed E-state index contributed by atoms with van der Waals surface area (Å²) in [4.78, 5) is 8.33. The topological polar surface area (TPSA) is 78.3 Å². The van der Waals surface area contributed by atoms with Crippen LogP contribution in [0.2, 0.25) is 0 Å². The summed E-state index contributed by atoms with van der Waals surface area (Å²) in [5.74, 6) is 0.611. The molecule has 16 heavy (non-hydrogen) atoms. The van der Waals surface area contributed by atoms with Crippen molar-refractivity contribution in [2.24, 2.45) is 5.73 Å². The summed E-state index contributed by atoms with van der Waals surface area (Å²) in [7, 11) is 1.64. The number of aryl methyl sites for hydroxylation is 1. The van der Waals surface area contributed by atoms with Crippen LogP contribution in [0.1, 0.15) is 11.4 Å². The molecule has 1 unspecified atom stereocenters. The standard InChI is InChI=1S/C10H15N5O/c1-7-3-9(4-8(11)5-16-2)15-10(14-7)12-6-13-15/h3,6,8H,4-5,11H2,1-2H3. The molecule has 0 saturated heterocycles. The van der Waals surface area contributed by atoms with Crippen LogP contribution in [-0.4, -0.2) is 39.3 Å². The van der Waals surface area contributed by atoms with Crippen molar-refractivity contribution in [2.75, 3.05) is 13.7 Å². The monoisotopic (exact) mass is 221 g/mol. The number of hydrogen-bond acceptors (Lipinski definition) is 5. The molecule has 2 N–H and O–H groups in total. The minimum atomic E-state index is -0.0424. The lowest BCUT2D eigenvalue weighted by molar-refractivity contribution is 0.179. The molecule has 1 atom stereocenters. The van der Waals surface area contributed by atoms with Gasteiger partial charge >= 0.3 is 0 Å². The van der Waals surface area contributed by atoms with Crippen LogP contribution in [0, 0.1) is 6.92 Å². The maximum Gasteiger partial charge on any atom is 0.252 e. The molecule has 2 aromatic heterocycles. The molecule has 0 aromatic carbocycles. The van der Waals surface area contributed by atoms with Crippen LogP contribution in [0.15, 0.2) is 12.4 Å². The van der Waals surface area contributed by atoms with Gasteiger partial charge < -0.3 is 10.5 Å². The van der Waals surface area contributed by atoms with Gasteiger partial charge in [-0.2, -0.15) is 10.1 Å². The molecule has 2 aromatic rings. The highest BCUT2D eigenvalue weighted by Gasteiger charge is 2.09. The van der Waals surface area contributed by atoms with Crippen LogP contribution in [0.3, 0.4) is 0 Å². The Hall–Kier alpha value is -1.53. The molecule has 2 rings (SSSR count). The molecule has 0 saturated carbocycles. The van der Waals surface area contributed by atoms with Crippen molar-refractivity contribution >= 4 is 5.78 Å². The van der Waals surface area contributed by atoms with E-state index in [-0.39, 0.29) is 6.04 Å². The van der Waals surface area contributed by atoms with Crippen molar-refractivity contribution in [3.05, 3.63) is 23.8 Å². The van der Waals surface area contributed by atoms with E-state index in [2.05, 4.69) is 15.1 Å². The summed E-state index contributed by atoms with van der Waals surface area (Å²) >= 11 is 0. The van der Waals surface area contributed by atoms with Gasteiger partial charge in [-0.15, -0.1) is 0 Å². The second kappa shape index (κ2) is 4.54. The van der Waals surface area contributed by atoms with E-state index in [1.807, 2.05) is 13.0 Å². The third-order valence-electron chi connectivity index (χ3n) is 2.31. The molecule has 6 heteroatoms. The van der Waals surface area contributed by atoms with Crippen LogP contribution in [-0.2, 0) is 11.2 Å². The van der Waals surface area contributed by atoms with Crippen LogP contribution in [0.4, 0.5) is 0 Å². The van der Waals surface area contributed by atoms with E-state index in [0.29, 0.717) is 18.8 Å². The van der Waals surface area contributed by atoms with Crippen molar-refractivity contribution in [1.82, 2.24) is 19.6 Å². The van der Waals surface area contributed by atoms with E-state index in [1.54, 1.807) is 11.6 Å². The first-order valence-corrected chi connectivity index (χ1v) is 5.11. The molecule has 2 heterocycles. The molecule has 6 nitrogen and oxygen atoms in total. The summed E-state index contributed by atoms with van der Waals surface area (Å²) in [6.45, 7) is 2.46. The van der Waals surface area contributed by atoms with Gasteiger partial charge in [-0.3, -0.25) is 0 Å². The predicted molar refractivity (Wildman–Crippen MR) is 59.1 cm³/mol. The Bertz CT molecular complexity index is 481. The first-order valence-electron chi connectivity index (χ1n) is 5.11. The molecule has 0 aliphatic rings. The fraction of sp³-hybridized carbons (Fsp3) is 0.500. The quantitative estimate of drug-likeness (QED) is 0.783. The first-order chi connectivity index (χ1) is 7.70. The SMILES string of the molecule is COCC(N)Cc1cc(C)nc2ncnn12. The van der Waals surface area contributed by atoms with Crippen molar-refractivity contribution < 1.29 is 4.74 Å². The molecule has 0 fully saturated rings. The van der Waals surface area contributed by atoms with Gasteiger partial charge in [0.15, 0.2) is 0 Å². The highest BCUT2D eigenvalue weighted by molar-refractivity contribution is 5.30. The molecule has 0 aliphatic heterocycles. The Kier molecular flexibility index (Phi) is 3.12. The smallest absolute Gasteiger partial charge is 0.252 e. The Morgan fingerprint density at radius 2 is 2.38 bits per heavy atom. The number of hydrogen-bond donors (Lipinski definition) is 1. The highest BCUT2D eigenvalue weighted by atomic mass is 16.5. The van der Waals surface area contributed by atoms with E-state index in [4.69, 9.17) is 10.5 Å². The van der Waals surface area contributed by atoms with Gasteiger partial charge in [-0.1, -0.05) is 0 Å². The molecule has 86 valence electrons. The van der Waals surface area contributed by atoms with Gasteiger partial charge in [0.05, 0.1) is 6.61 Å². The van der Waals surface area contributed by atoms with Crippen molar-refractivity contribution in [3.63, 3.8) is 0 Å². The lowest BCUT2D eigenvalue weighted by Gasteiger charge is -2.11. The normalized spacial score (nSPS) is 13.2. The third-order valence-corrected chi connectivity index (χ3v) is 2.31. The minimum absolute atomic E-state index is 0.0424. The zero-order valence-corrected chi connectivity index (χ0v) is 9.42. The molecule has 0 spiro atoms. The van der Waals surface area contributed by atoms with Crippen molar-refractivity contribution in [2.45, 2.75) is 19.4 Å². The summed E-state index contributed by atoms with van der Waals surface area (Å²) in [6.07, 6.45) is 2.18. The Balaban J connectivity index is 2.31. The van der Waals surface area contributed by atoms with Crippen LogP contribution in [0.25, 0.3) is 5.78 Å². The maximum absolute atomic E-state index is 5.92. The first kappa shape index (κ1) is 11.0. The fourth-order valence-corrected chi connectivity index (χ4v) is 1.69. The average Bonchev–Trinajstić information content (AvgIpc) is 2.65. The van der Waals surface area contributed by atoms with Crippen LogP contribution < -0.4 is 5.73 Å². The molecular weight excluding hydrogens is 206 g/mol. The molecule has 0 bridgehead atoms. The fourth-order valence-electron chi connectivity index (χ4n) is 1.69. The van der Waals surface area contributed by atoms with Crippen molar-refractivity contribution in [1.29, 1.82) is 0 Å². The lowest BCUT2D eigenvalue weighted by atomic mass is 10.1. The van der Waals surface area contributed by atoms with Gasteiger partial charge in [0.1, 0.15) is 6.33 Å². The van der Waals surface area contributed by atoms with E-state index < -0.39 is 0 Å². The zero-order chi connectivity index (χ0) is 11.5. The Labute approximate surface area is 93.5 Å². The maximum atomic E-state index is 5.92. The second-order valence-corrected chi connectivity index (χ2v) is 3.78. The predicted octanol–water partition coefficient (Wildman–Crippen LogP) is -0.0511. The average molecular weight is 221 g/mol. The van der Waals surface area contributed by atoms with Gasteiger partial charge in [0.2, 0.25) is 0 Å². The number of nitrogens with zero attached hydrogens (tertiary/aromatic N) is 4. The summed E-state index contributed by atoms with van der Waals surface area (Å²) in [5.41, 5.74) is 7.84. The third kappa shape index (κ3) is 2.17. The Morgan fingerprint density at radius 1 is 1.56 bits per heavy atom. The van der Waals surface area contributed by atoms with E-state index >= 15 is 0 Å². The summed E-state index contributed by atoms with van der Waals surface area (Å²) in [6, 6.07) is 1.93. The Morgan fingerprint density at radius 3 is 3.12 bits per heavy atom.